The molecule has 134 valence electrons. The summed E-state index contributed by atoms with van der Waals surface area (Å²) in [7, 11) is 0. The maximum Gasteiger partial charge on any atom is -0.00192 e. The van der Waals surface area contributed by atoms with Crippen molar-refractivity contribution >= 4 is 27.1 Å². The first-order valence-corrected chi connectivity index (χ1v) is 9.68. The summed E-state index contributed by atoms with van der Waals surface area (Å²) in [5.74, 6) is 0. The third-order valence-corrected chi connectivity index (χ3v) is 5.33. The van der Waals surface area contributed by atoms with Crippen LogP contribution >= 0.6 is 0 Å². The second-order valence-corrected chi connectivity index (χ2v) is 7.79. The van der Waals surface area contributed by atoms with Crippen LogP contribution in [-0.4, -0.2) is 0 Å². The standard InChI is InChI=1S/C27H26/c1-18(2)16-19(3)8-7-11-24-20(4)17-23-15-14-22-13-12-21-9-5-6-10-25(21)26(22)27(23)24/h5-6,8-16H,4,7,17H2,1-3H3/b19-8+,24-11+. The molecule has 0 saturated carbocycles. The van der Waals surface area contributed by atoms with E-state index in [1.165, 1.54) is 55.0 Å². The van der Waals surface area contributed by atoms with E-state index in [1.54, 1.807) is 0 Å². The summed E-state index contributed by atoms with van der Waals surface area (Å²) in [6.45, 7) is 10.8. The van der Waals surface area contributed by atoms with E-state index in [0.717, 1.165) is 12.8 Å². The van der Waals surface area contributed by atoms with Gasteiger partial charge in [-0.3, -0.25) is 0 Å². The smallest absolute Gasteiger partial charge is 0.00192 e. The highest BCUT2D eigenvalue weighted by atomic mass is 14.3. The second kappa shape index (κ2) is 7.04. The minimum Gasteiger partial charge on any atom is -0.0949 e. The van der Waals surface area contributed by atoms with Crippen molar-refractivity contribution in [3.05, 3.63) is 101 Å². The Morgan fingerprint density at radius 3 is 2.52 bits per heavy atom. The Balaban J connectivity index is 1.88. The zero-order valence-corrected chi connectivity index (χ0v) is 16.5. The number of benzene rings is 3. The molecule has 0 fully saturated rings. The average molecular weight is 351 g/mol. The fourth-order valence-corrected chi connectivity index (χ4v) is 4.22. The van der Waals surface area contributed by atoms with Gasteiger partial charge < -0.3 is 0 Å². The molecule has 0 unspecified atom stereocenters. The molecule has 0 aliphatic heterocycles. The van der Waals surface area contributed by atoms with Crippen molar-refractivity contribution in [2.75, 3.05) is 0 Å². The molecule has 3 aromatic rings. The molecule has 27 heavy (non-hydrogen) atoms. The molecule has 3 aromatic carbocycles. The van der Waals surface area contributed by atoms with Crippen LogP contribution in [0.4, 0.5) is 0 Å². The molecule has 1 aliphatic rings. The summed E-state index contributed by atoms with van der Waals surface area (Å²) >= 11 is 0. The largest absolute Gasteiger partial charge is 0.0949 e. The van der Waals surface area contributed by atoms with Crippen LogP contribution in [0, 0.1) is 0 Å². The second-order valence-electron chi connectivity index (χ2n) is 7.79. The Kier molecular flexibility index (Phi) is 4.58. The predicted molar refractivity (Wildman–Crippen MR) is 120 cm³/mol. The first kappa shape index (κ1) is 17.5. The van der Waals surface area contributed by atoms with Gasteiger partial charge in [0.05, 0.1) is 0 Å². The van der Waals surface area contributed by atoms with E-state index in [2.05, 4.69) is 94.1 Å². The highest BCUT2D eigenvalue weighted by molar-refractivity contribution is 6.15. The van der Waals surface area contributed by atoms with Crippen LogP contribution in [0.5, 0.6) is 0 Å². The number of rotatable bonds is 3. The van der Waals surface area contributed by atoms with E-state index in [9.17, 15) is 0 Å². The van der Waals surface area contributed by atoms with Crippen molar-refractivity contribution in [2.45, 2.75) is 33.6 Å². The summed E-state index contributed by atoms with van der Waals surface area (Å²) in [6, 6.07) is 17.7. The molecule has 1 aliphatic carbocycles. The average Bonchev–Trinajstić information content (AvgIpc) is 2.96. The van der Waals surface area contributed by atoms with Crippen LogP contribution in [0.2, 0.25) is 0 Å². The quantitative estimate of drug-likeness (QED) is 0.334. The Morgan fingerprint density at radius 1 is 0.963 bits per heavy atom. The maximum absolute atomic E-state index is 4.38. The molecule has 0 atom stereocenters. The van der Waals surface area contributed by atoms with Gasteiger partial charge in [0.2, 0.25) is 0 Å². The SMILES string of the molecule is C=C1Cc2ccc3ccc4ccccc4c3c2/C1=C/C/C=C(\C)C=C(C)C. The molecule has 0 spiro atoms. The van der Waals surface area contributed by atoms with Gasteiger partial charge in [0.15, 0.2) is 0 Å². The maximum atomic E-state index is 4.38. The van der Waals surface area contributed by atoms with E-state index >= 15 is 0 Å². The summed E-state index contributed by atoms with van der Waals surface area (Å²) < 4.78 is 0. The Labute approximate surface area is 162 Å². The molecule has 0 radical (unpaired) electrons. The summed E-state index contributed by atoms with van der Waals surface area (Å²) in [4.78, 5) is 0. The number of fused-ring (bicyclic) bond motifs is 5. The van der Waals surface area contributed by atoms with Gasteiger partial charge in [-0.15, -0.1) is 0 Å². The molecule has 0 heteroatoms. The van der Waals surface area contributed by atoms with Gasteiger partial charge in [-0.25, -0.2) is 0 Å². The first-order valence-electron chi connectivity index (χ1n) is 9.68. The molecular weight excluding hydrogens is 324 g/mol. The van der Waals surface area contributed by atoms with E-state index < -0.39 is 0 Å². The topological polar surface area (TPSA) is 0 Å². The van der Waals surface area contributed by atoms with Crippen LogP contribution in [0.25, 0.3) is 27.1 Å². The monoisotopic (exact) mass is 350 g/mol. The molecule has 0 heterocycles. The van der Waals surface area contributed by atoms with E-state index in [-0.39, 0.29) is 0 Å². The van der Waals surface area contributed by atoms with Crippen molar-refractivity contribution in [1.29, 1.82) is 0 Å². The zero-order valence-electron chi connectivity index (χ0n) is 16.5. The number of hydrogen-bond donors (Lipinski definition) is 0. The lowest BCUT2D eigenvalue weighted by Crippen LogP contribution is -1.87. The van der Waals surface area contributed by atoms with Crippen LogP contribution in [-0.2, 0) is 6.42 Å². The lowest BCUT2D eigenvalue weighted by molar-refractivity contribution is 1.27. The fourth-order valence-electron chi connectivity index (χ4n) is 4.22. The summed E-state index contributed by atoms with van der Waals surface area (Å²) in [5, 5.41) is 5.32. The molecular formula is C27H26. The zero-order chi connectivity index (χ0) is 19.0. The van der Waals surface area contributed by atoms with Crippen molar-refractivity contribution in [3.63, 3.8) is 0 Å². The molecule has 0 aromatic heterocycles. The first-order chi connectivity index (χ1) is 13.0. The Hall–Kier alpha value is -2.86. The molecule has 0 amide bonds. The van der Waals surface area contributed by atoms with E-state index in [0.29, 0.717) is 0 Å². The van der Waals surface area contributed by atoms with Crippen molar-refractivity contribution < 1.29 is 0 Å². The molecule has 0 N–H and O–H groups in total. The third-order valence-electron chi connectivity index (χ3n) is 5.33. The molecule has 0 bridgehead atoms. The normalized spacial score (nSPS) is 15.6. The number of allylic oxidation sites excluding steroid dienone is 7. The summed E-state index contributed by atoms with van der Waals surface area (Å²) in [6.07, 6.45) is 8.78. The van der Waals surface area contributed by atoms with Gasteiger partial charge >= 0.3 is 0 Å². The minimum absolute atomic E-state index is 0.935. The van der Waals surface area contributed by atoms with Crippen molar-refractivity contribution in [3.8, 4) is 0 Å². The van der Waals surface area contributed by atoms with E-state index in [1.807, 2.05) is 0 Å². The van der Waals surface area contributed by atoms with Crippen molar-refractivity contribution in [2.24, 2.45) is 0 Å². The molecule has 0 saturated heterocycles. The van der Waals surface area contributed by atoms with Crippen LogP contribution in [0.15, 0.2) is 90.1 Å². The van der Waals surface area contributed by atoms with Gasteiger partial charge in [-0.1, -0.05) is 84.5 Å². The Bertz CT molecular complexity index is 1150. The highest BCUT2D eigenvalue weighted by Crippen LogP contribution is 2.43. The van der Waals surface area contributed by atoms with Crippen LogP contribution < -0.4 is 0 Å². The number of hydrogen-bond acceptors (Lipinski definition) is 0. The molecule has 4 rings (SSSR count). The van der Waals surface area contributed by atoms with Gasteiger partial charge in [0.25, 0.3) is 0 Å². The van der Waals surface area contributed by atoms with Gasteiger partial charge in [0.1, 0.15) is 0 Å². The summed E-state index contributed by atoms with van der Waals surface area (Å²) in [5.41, 5.74) is 8.01. The minimum atomic E-state index is 0.935. The Morgan fingerprint density at radius 2 is 1.70 bits per heavy atom. The fraction of sp³-hybridized carbons (Fsp3) is 0.185. The third kappa shape index (κ3) is 3.28. The molecule has 0 nitrogen and oxygen atoms in total. The lowest BCUT2D eigenvalue weighted by Gasteiger charge is -2.11. The highest BCUT2D eigenvalue weighted by Gasteiger charge is 2.22. The lowest BCUT2D eigenvalue weighted by atomic mass is 9.93. The van der Waals surface area contributed by atoms with Gasteiger partial charge in [-0.05, 0) is 77.4 Å². The van der Waals surface area contributed by atoms with Crippen molar-refractivity contribution in [1.82, 2.24) is 0 Å². The van der Waals surface area contributed by atoms with Crippen LogP contribution in [0.1, 0.15) is 38.3 Å². The van der Waals surface area contributed by atoms with E-state index in [4.69, 9.17) is 0 Å². The van der Waals surface area contributed by atoms with Gasteiger partial charge in [0, 0.05) is 0 Å². The van der Waals surface area contributed by atoms with Gasteiger partial charge in [-0.2, -0.15) is 0 Å². The van der Waals surface area contributed by atoms with Crippen LogP contribution in [0.3, 0.4) is 0 Å². The predicted octanol–water partition coefficient (Wildman–Crippen LogP) is 7.79.